The lowest BCUT2D eigenvalue weighted by atomic mass is 9.78. The molecule has 0 amide bonds. The van der Waals surface area contributed by atoms with Crippen LogP contribution in [0.25, 0.3) is 0 Å². The summed E-state index contributed by atoms with van der Waals surface area (Å²) in [6.07, 6.45) is 15.0. The van der Waals surface area contributed by atoms with Crippen LogP contribution in [-0.2, 0) is 26.8 Å². The van der Waals surface area contributed by atoms with Crippen LogP contribution in [0.5, 0.6) is 5.75 Å². The molecule has 1 N–H and O–H groups in total. The topological polar surface area (TPSA) is 46.5 Å². The number of benzene rings is 1. The van der Waals surface area contributed by atoms with Gasteiger partial charge in [-0.1, -0.05) is 125 Å². The van der Waals surface area contributed by atoms with E-state index in [1.807, 2.05) is 0 Å². The van der Waals surface area contributed by atoms with Gasteiger partial charge >= 0.3 is 5.97 Å². The van der Waals surface area contributed by atoms with Gasteiger partial charge in [-0.05, 0) is 40.4 Å². The summed E-state index contributed by atoms with van der Waals surface area (Å²) in [4.78, 5) is 12.3. The van der Waals surface area contributed by atoms with Gasteiger partial charge in [0.25, 0.3) is 0 Å². The molecule has 33 heavy (non-hydrogen) atoms. The number of carbonyl (C=O) groups excluding carboxylic acids is 1. The number of carbonyl (C=O) groups is 1. The molecule has 3 nitrogen and oxygen atoms in total. The highest BCUT2D eigenvalue weighted by Crippen LogP contribution is 2.38. The molecule has 0 fully saturated rings. The smallest absolute Gasteiger partial charge is 0.306 e. The molecule has 0 aliphatic carbocycles. The lowest BCUT2D eigenvalue weighted by molar-refractivity contribution is -0.143. The minimum Gasteiger partial charge on any atom is -0.507 e. The number of phenolic OH excluding ortho intramolecular Hbond substituents is 1. The van der Waals surface area contributed by atoms with Gasteiger partial charge in [0.1, 0.15) is 5.75 Å². The fraction of sp³-hybridized carbons (Fsp3) is 0.767. The molecule has 0 atom stereocenters. The van der Waals surface area contributed by atoms with Gasteiger partial charge in [0.15, 0.2) is 0 Å². The third-order valence-electron chi connectivity index (χ3n) is 6.47. The fourth-order valence-electron chi connectivity index (χ4n) is 4.15. The molecule has 0 bridgehead atoms. The molecular formula is C30H52O3. The zero-order valence-corrected chi connectivity index (χ0v) is 22.8. The molecule has 0 unspecified atom stereocenters. The van der Waals surface area contributed by atoms with Gasteiger partial charge in [0, 0.05) is 6.42 Å². The monoisotopic (exact) mass is 460 g/mol. The standard InChI is InChI=1S/C30H52O3/c1-8-9-10-11-12-13-14-15-16-17-18-21-33-27(31)20-19-24-22-25(29(2,3)4)23-26(28(24)32)30(5,6)7/h22-23,32H,8-21H2,1-7H3. The van der Waals surface area contributed by atoms with Gasteiger partial charge in [-0.3, -0.25) is 4.79 Å². The van der Waals surface area contributed by atoms with Crippen LogP contribution in [0.15, 0.2) is 12.1 Å². The van der Waals surface area contributed by atoms with Gasteiger partial charge in [-0.15, -0.1) is 0 Å². The maximum atomic E-state index is 12.3. The van der Waals surface area contributed by atoms with Gasteiger partial charge in [-0.25, -0.2) is 0 Å². The first-order valence-corrected chi connectivity index (χ1v) is 13.5. The highest BCUT2D eigenvalue weighted by atomic mass is 16.5. The van der Waals surface area contributed by atoms with Crippen molar-refractivity contribution in [1.82, 2.24) is 0 Å². The molecule has 190 valence electrons. The Morgan fingerprint density at radius 2 is 1.30 bits per heavy atom. The second-order valence-corrected chi connectivity index (χ2v) is 11.8. The Balaban J connectivity index is 2.35. The van der Waals surface area contributed by atoms with Crippen molar-refractivity contribution in [3.05, 3.63) is 28.8 Å². The molecule has 0 aliphatic heterocycles. The maximum Gasteiger partial charge on any atom is 0.306 e. The number of ether oxygens (including phenoxy) is 1. The molecule has 0 aliphatic rings. The average molecular weight is 461 g/mol. The number of aryl methyl sites for hydroxylation is 1. The van der Waals surface area contributed by atoms with Crippen molar-refractivity contribution >= 4 is 5.97 Å². The molecule has 0 radical (unpaired) electrons. The van der Waals surface area contributed by atoms with E-state index < -0.39 is 0 Å². The second-order valence-electron chi connectivity index (χ2n) is 11.8. The third-order valence-corrected chi connectivity index (χ3v) is 6.47. The zero-order valence-electron chi connectivity index (χ0n) is 22.8. The SMILES string of the molecule is CCCCCCCCCCCCCOC(=O)CCc1cc(C(C)(C)C)cc(C(C)(C)C)c1O. The number of unbranched alkanes of at least 4 members (excludes halogenated alkanes) is 10. The number of rotatable bonds is 15. The molecule has 1 aromatic carbocycles. The quantitative estimate of drug-likeness (QED) is 0.210. The van der Waals surface area contributed by atoms with Crippen LogP contribution in [0.1, 0.15) is 142 Å². The van der Waals surface area contributed by atoms with Gasteiger partial charge < -0.3 is 9.84 Å². The van der Waals surface area contributed by atoms with E-state index >= 15 is 0 Å². The Labute approximate surface area is 204 Å². The Hall–Kier alpha value is -1.51. The minimum atomic E-state index is -0.167. The highest BCUT2D eigenvalue weighted by Gasteiger charge is 2.25. The molecule has 3 heteroatoms. The lowest BCUT2D eigenvalue weighted by Crippen LogP contribution is -2.18. The van der Waals surface area contributed by atoms with Gasteiger partial charge in [0.2, 0.25) is 0 Å². The fourth-order valence-corrected chi connectivity index (χ4v) is 4.15. The molecule has 0 saturated carbocycles. The number of hydrogen-bond donors (Lipinski definition) is 1. The predicted octanol–water partition coefficient (Wildman–Crippen LogP) is 8.77. The summed E-state index contributed by atoms with van der Waals surface area (Å²) in [6, 6.07) is 4.17. The predicted molar refractivity (Wildman–Crippen MR) is 141 cm³/mol. The van der Waals surface area contributed by atoms with Crippen molar-refractivity contribution in [1.29, 1.82) is 0 Å². The van der Waals surface area contributed by atoms with Crippen LogP contribution < -0.4 is 0 Å². The van der Waals surface area contributed by atoms with E-state index in [1.165, 1.54) is 63.4 Å². The first-order valence-electron chi connectivity index (χ1n) is 13.5. The van der Waals surface area contributed by atoms with Crippen LogP contribution >= 0.6 is 0 Å². The van der Waals surface area contributed by atoms with Crippen molar-refractivity contribution < 1.29 is 14.6 Å². The summed E-state index contributed by atoms with van der Waals surface area (Å²) >= 11 is 0. The van der Waals surface area contributed by atoms with E-state index in [4.69, 9.17) is 4.74 Å². The Kier molecular flexibility index (Phi) is 13.1. The summed E-state index contributed by atoms with van der Waals surface area (Å²) in [5.41, 5.74) is 2.81. The van der Waals surface area contributed by atoms with Crippen LogP contribution in [0.3, 0.4) is 0 Å². The summed E-state index contributed by atoms with van der Waals surface area (Å²) in [5.74, 6) is 0.161. The van der Waals surface area contributed by atoms with E-state index in [1.54, 1.807) is 0 Å². The summed E-state index contributed by atoms with van der Waals surface area (Å²) in [5, 5.41) is 10.9. The van der Waals surface area contributed by atoms with Crippen molar-refractivity contribution in [3.8, 4) is 5.75 Å². The zero-order chi connectivity index (χ0) is 24.9. The Bertz CT molecular complexity index is 692. The lowest BCUT2D eigenvalue weighted by Gasteiger charge is -2.27. The molecule has 1 aromatic rings. The Morgan fingerprint density at radius 3 is 1.79 bits per heavy atom. The van der Waals surface area contributed by atoms with Crippen LogP contribution in [-0.4, -0.2) is 17.7 Å². The number of esters is 1. The summed E-state index contributed by atoms with van der Waals surface area (Å²) < 4.78 is 5.46. The normalized spacial score (nSPS) is 12.2. The van der Waals surface area contributed by atoms with Crippen LogP contribution in [0.4, 0.5) is 0 Å². The van der Waals surface area contributed by atoms with Crippen LogP contribution in [0.2, 0.25) is 0 Å². The number of hydrogen-bond acceptors (Lipinski definition) is 3. The largest absolute Gasteiger partial charge is 0.507 e. The van der Waals surface area contributed by atoms with Gasteiger partial charge in [-0.2, -0.15) is 0 Å². The third kappa shape index (κ3) is 12.0. The minimum absolute atomic E-state index is 0.0159. The summed E-state index contributed by atoms with van der Waals surface area (Å²) in [6.45, 7) is 15.6. The van der Waals surface area contributed by atoms with E-state index in [0.717, 1.165) is 24.0 Å². The summed E-state index contributed by atoms with van der Waals surface area (Å²) in [7, 11) is 0. The van der Waals surface area contributed by atoms with E-state index in [2.05, 4.69) is 60.6 Å². The van der Waals surface area contributed by atoms with E-state index in [9.17, 15) is 9.90 Å². The molecule has 0 spiro atoms. The number of phenols is 1. The first kappa shape index (κ1) is 29.5. The van der Waals surface area contributed by atoms with Gasteiger partial charge in [0.05, 0.1) is 6.61 Å². The molecule has 1 rings (SSSR count). The second kappa shape index (κ2) is 14.7. The van der Waals surface area contributed by atoms with E-state index in [-0.39, 0.29) is 16.8 Å². The molecule has 0 saturated heterocycles. The van der Waals surface area contributed by atoms with Crippen molar-refractivity contribution in [3.63, 3.8) is 0 Å². The molecule has 0 aromatic heterocycles. The van der Waals surface area contributed by atoms with Crippen LogP contribution in [0, 0.1) is 0 Å². The Morgan fingerprint density at radius 1 is 0.788 bits per heavy atom. The molecular weight excluding hydrogens is 408 g/mol. The van der Waals surface area contributed by atoms with Crippen molar-refractivity contribution in [2.45, 2.75) is 143 Å². The van der Waals surface area contributed by atoms with Crippen molar-refractivity contribution in [2.75, 3.05) is 6.61 Å². The average Bonchev–Trinajstić information content (AvgIpc) is 2.72. The maximum absolute atomic E-state index is 12.3. The molecule has 0 heterocycles. The highest BCUT2D eigenvalue weighted by molar-refractivity contribution is 5.70. The van der Waals surface area contributed by atoms with E-state index in [0.29, 0.717) is 25.2 Å². The number of aromatic hydroxyl groups is 1. The first-order chi connectivity index (χ1) is 15.5. The van der Waals surface area contributed by atoms with Crippen molar-refractivity contribution in [2.24, 2.45) is 0 Å².